The van der Waals surface area contributed by atoms with E-state index in [4.69, 9.17) is 5.11 Å². The minimum absolute atomic E-state index is 0.205. The minimum atomic E-state index is -0.976. The van der Waals surface area contributed by atoms with Crippen LogP contribution < -0.4 is 10.6 Å². The predicted molar refractivity (Wildman–Crippen MR) is 72.4 cm³/mol. The van der Waals surface area contributed by atoms with Gasteiger partial charge in [-0.25, -0.2) is 9.59 Å². The van der Waals surface area contributed by atoms with Gasteiger partial charge in [0.15, 0.2) is 0 Å². The predicted octanol–water partition coefficient (Wildman–Crippen LogP) is 2.69. The molecule has 1 aromatic rings. The van der Waals surface area contributed by atoms with E-state index in [0.29, 0.717) is 17.6 Å². The summed E-state index contributed by atoms with van der Waals surface area (Å²) in [7, 11) is 0. The number of nitrogens with one attached hydrogen (secondary N) is 2. The number of carboxylic acid groups (broad SMARTS) is 1. The van der Waals surface area contributed by atoms with Crippen molar-refractivity contribution in [2.24, 2.45) is 5.92 Å². The Hall–Kier alpha value is -2.04. The van der Waals surface area contributed by atoms with Crippen LogP contribution in [0.1, 0.15) is 36.5 Å². The monoisotopic (exact) mass is 262 g/mol. The number of urea groups is 1. The van der Waals surface area contributed by atoms with Gasteiger partial charge in [-0.15, -0.1) is 0 Å². The van der Waals surface area contributed by atoms with Crippen LogP contribution in [0.5, 0.6) is 0 Å². The van der Waals surface area contributed by atoms with Crippen molar-refractivity contribution in [3.63, 3.8) is 0 Å². The smallest absolute Gasteiger partial charge is 0.335 e. The van der Waals surface area contributed by atoms with Gasteiger partial charge in [-0.1, -0.05) is 13.3 Å². The molecule has 0 saturated heterocycles. The van der Waals surface area contributed by atoms with Gasteiger partial charge in [-0.2, -0.15) is 0 Å². The number of benzene rings is 1. The molecule has 1 fully saturated rings. The average molecular weight is 262 g/mol. The molecular weight excluding hydrogens is 244 g/mol. The van der Waals surface area contributed by atoms with Gasteiger partial charge in [-0.05, 0) is 43.0 Å². The van der Waals surface area contributed by atoms with E-state index < -0.39 is 5.97 Å². The molecule has 2 atom stereocenters. The number of anilines is 1. The Morgan fingerprint density at radius 3 is 2.58 bits per heavy atom. The van der Waals surface area contributed by atoms with Crippen LogP contribution in [-0.4, -0.2) is 23.1 Å². The number of aromatic carboxylic acids is 1. The normalized spacial score (nSPS) is 20.7. The fourth-order valence-corrected chi connectivity index (χ4v) is 2.15. The van der Waals surface area contributed by atoms with Crippen molar-refractivity contribution < 1.29 is 14.7 Å². The molecule has 5 nitrogen and oxygen atoms in total. The third-order valence-corrected chi connectivity index (χ3v) is 3.29. The van der Waals surface area contributed by atoms with E-state index in [9.17, 15) is 9.59 Å². The first-order valence-corrected chi connectivity index (χ1v) is 6.51. The molecule has 19 heavy (non-hydrogen) atoms. The van der Waals surface area contributed by atoms with Gasteiger partial charge in [0, 0.05) is 11.7 Å². The molecule has 102 valence electrons. The molecule has 1 aliphatic rings. The second-order valence-electron chi connectivity index (χ2n) is 4.87. The third kappa shape index (κ3) is 3.71. The van der Waals surface area contributed by atoms with E-state index in [1.165, 1.54) is 12.1 Å². The molecule has 1 aliphatic carbocycles. The van der Waals surface area contributed by atoms with Gasteiger partial charge in [-0.3, -0.25) is 0 Å². The van der Waals surface area contributed by atoms with Crippen LogP contribution in [-0.2, 0) is 0 Å². The van der Waals surface area contributed by atoms with Crippen LogP contribution in [0.15, 0.2) is 24.3 Å². The minimum Gasteiger partial charge on any atom is -0.478 e. The highest BCUT2D eigenvalue weighted by molar-refractivity contribution is 5.91. The molecule has 2 rings (SSSR count). The summed E-state index contributed by atoms with van der Waals surface area (Å²) in [6, 6.07) is 6.16. The third-order valence-electron chi connectivity index (χ3n) is 3.29. The maximum Gasteiger partial charge on any atom is 0.335 e. The molecule has 0 bridgehead atoms. The van der Waals surface area contributed by atoms with Crippen molar-refractivity contribution in [1.29, 1.82) is 0 Å². The highest BCUT2D eigenvalue weighted by Gasteiger charge is 2.37. The Labute approximate surface area is 112 Å². The van der Waals surface area contributed by atoms with Gasteiger partial charge in [0.05, 0.1) is 5.56 Å². The van der Waals surface area contributed by atoms with E-state index in [1.54, 1.807) is 12.1 Å². The van der Waals surface area contributed by atoms with Gasteiger partial charge < -0.3 is 15.7 Å². The molecule has 1 aromatic carbocycles. The molecule has 0 aromatic heterocycles. The Bertz CT molecular complexity index is 470. The molecule has 5 heteroatoms. The van der Waals surface area contributed by atoms with E-state index in [-0.39, 0.29) is 11.6 Å². The molecule has 0 spiro atoms. The number of hydrogen-bond donors (Lipinski definition) is 3. The number of rotatable bonds is 5. The topological polar surface area (TPSA) is 78.4 Å². The summed E-state index contributed by atoms with van der Waals surface area (Å²) in [5, 5.41) is 14.4. The summed E-state index contributed by atoms with van der Waals surface area (Å²) < 4.78 is 0. The SMILES string of the molecule is CCCC1CC1NC(=O)Nc1ccc(C(=O)O)cc1. The maximum atomic E-state index is 11.7. The molecule has 2 amide bonds. The Morgan fingerprint density at radius 1 is 1.32 bits per heavy atom. The Kier molecular flexibility index (Phi) is 4.04. The van der Waals surface area contributed by atoms with E-state index >= 15 is 0 Å². The summed E-state index contributed by atoms with van der Waals surface area (Å²) in [5.41, 5.74) is 0.798. The largest absolute Gasteiger partial charge is 0.478 e. The van der Waals surface area contributed by atoms with Crippen molar-refractivity contribution in [2.75, 3.05) is 5.32 Å². The van der Waals surface area contributed by atoms with Crippen molar-refractivity contribution in [3.8, 4) is 0 Å². The number of hydrogen-bond acceptors (Lipinski definition) is 2. The average Bonchev–Trinajstić information content (AvgIpc) is 3.08. The van der Waals surface area contributed by atoms with Crippen molar-refractivity contribution in [1.82, 2.24) is 5.32 Å². The highest BCUT2D eigenvalue weighted by Crippen LogP contribution is 2.34. The molecule has 3 N–H and O–H groups in total. The summed E-state index contributed by atoms with van der Waals surface area (Å²) >= 11 is 0. The molecule has 1 saturated carbocycles. The zero-order valence-corrected chi connectivity index (χ0v) is 10.8. The van der Waals surface area contributed by atoms with Crippen LogP contribution in [0.25, 0.3) is 0 Å². The van der Waals surface area contributed by atoms with Crippen LogP contribution in [0.3, 0.4) is 0 Å². The number of carbonyl (C=O) groups is 2. The first-order chi connectivity index (χ1) is 9.10. The maximum absolute atomic E-state index is 11.7. The summed E-state index contributed by atoms with van der Waals surface area (Å²) in [4.78, 5) is 22.4. The lowest BCUT2D eigenvalue weighted by molar-refractivity contribution is 0.0697. The van der Waals surface area contributed by atoms with Crippen LogP contribution in [0.2, 0.25) is 0 Å². The van der Waals surface area contributed by atoms with Crippen LogP contribution in [0, 0.1) is 5.92 Å². The fourth-order valence-electron chi connectivity index (χ4n) is 2.15. The highest BCUT2D eigenvalue weighted by atomic mass is 16.4. The van der Waals surface area contributed by atoms with Gasteiger partial charge in [0.25, 0.3) is 0 Å². The van der Waals surface area contributed by atoms with Gasteiger partial charge >= 0.3 is 12.0 Å². The van der Waals surface area contributed by atoms with Crippen molar-refractivity contribution in [2.45, 2.75) is 32.2 Å². The lowest BCUT2D eigenvalue weighted by atomic mass is 10.2. The van der Waals surface area contributed by atoms with Gasteiger partial charge in [0.1, 0.15) is 0 Å². The van der Waals surface area contributed by atoms with Gasteiger partial charge in [0.2, 0.25) is 0 Å². The lowest BCUT2D eigenvalue weighted by Gasteiger charge is -2.07. The first kappa shape index (κ1) is 13.4. The van der Waals surface area contributed by atoms with Crippen LogP contribution >= 0.6 is 0 Å². The molecular formula is C14H18N2O3. The number of amides is 2. The quantitative estimate of drug-likeness (QED) is 0.763. The standard InChI is InChI=1S/C14H18N2O3/c1-2-3-10-8-12(10)16-14(19)15-11-6-4-9(5-7-11)13(17)18/h4-7,10,12H,2-3,8H2,1H3,(H,17,18)(H2,15,16,19). The summed E-state index contributed by atoms with van der Waals surface area (Å²) in [6.45, 7) is 2.14. The second kappa shape index (κ2) is 5.73. The van der Waals surface area contributed by atoms with Crippen molar-refractivity contribution in [3.05, 3.63) is 29.8 Å². The molecule has 0 heterocycles. The molecule has 0 radical (unpaired) electrons. The molecule has 0 aliphatic heterocycles. The van der Waals surface area contributed by atoms with E-state index in [1.807, 2.05) is 0 Å². The number of carboxylic acids is 1. The Morgan fingerprint density at radius 2 is 2.00 bits per heavy atom. The lowest BCUT2D eigenvalue weighted by Crippen LogP contribution is -2.31. The fraction of sp³-hybridized carbons (Fsp3) is 0.429. The Balaban J connectivity index is 1.81. The summed E-state index contributed by atoms with van der Waals surface area (Å²) in [5.74, 6) is -0.360. The van der Waals surface area contributed by atoms with E-state index in [0.717, 1.165) is 19.3 Å². The van der Waals surface area contributed by atoms with Crippen LogP contribution in [0.4, 0.5) is 10.5 Å². The zero-order chi connectivity index (χ0) is 13.8. The zero-order valence-electron chi connectivity index (χ0n) is 10.8. The van der Waals surface area contributed by atoms with E-state index in [2.05, 4.69) is 17.6 Å². The second-order valence-corrected chi connectivity index (χ2v) is 4.87. The summed E-state index contributed by atoms with van der Waals surface area (Å²) in [6.07, 6.45) is 3.35. The number of carbonyl (C=O) groups excluding carboxylic acids is 1. The first-order valence-electron chi connectivity index (χ1n) is 6.51. The van der Waals surface area contributed by atoms with Crippen molar-refractivity contribution >= 4 is 17.7 Å². The molecule has 2 unspecified atom stereocenters.